The van der Waals surface area contributed by atoms with Gasteiger partial charge in [0.25, 0.3) is 0 Å². The minimum atomic E-state index is -1.93. The summed E-state index contributed by atoms with van der Waals surface area (Å²) in [6.07, 6.45) is -5.21. The lowest BCUT2D eigenvalue weighted by atomic mass is 9.70. The van der Waals surface area contributed by atoms with Crippen molar-refractivity contribution in [3.63, 3.8) is 0 Å². The van der Waals surface area contributed by atoms with Crippen LogP contribution in [-0.4, -0.2) is 66.8 Å². The first-order chi connectivity index (χ1) is 14.0. The second kappa shape index (κ2) is 8.90. The number of aliphatic hydroxyl groups excluding tert-OH is 5. The molecule has 0 heterocycles. The molecule has 1 aliphatic carbocycles. The molecule has 8 heteroatoms. The summed E-state index contributed by atoms with van der Waals surface area (Å²) in [5.41, 5.74) is 2.43. The highest BCUT2D eigenvalue weighted by Crippen LogP contribution is 2.38. The van der Waals surface area contributed by atoms with Crippen LogP contribution in [-0.2, 0) is 12.2 Å². The predicted octanol–water partition coefficient (Wildman–Crippen LogP) is 0.237. The second-order valence-electron chi connectivity index (χ2n) is 8.08. The van der Waals surface area contributed by atoms with Crippen molar-refractivity contribution in [1.29, 1.82) is 0 Å². The van der Waals surface area contributed by atoms with E-state index in [9.17, 15) is 35.7 Å². The van der Waals surface area contributed by atoms with Gasteiger partial charge in [-0.05, 0) is 36.1 Å². The molecule has 0 aliphatic heterocycles. The molecule has 6 unspecified atom stereocenters. The van der Waals surface area contributed by atoms with Gasteiger partial charge < -0.3 is 35.7 Å². The number of halogens is 1. The average Bonchev–Trinajstić information content (AvgIpc) is 2.69. The van der Waals surface area contributed by atoms with Crippen molar-refractivity contribution in [1.82, 2.24) is 0 Å². The van der Waals surface area contributed by atoms with Gasteiger partial charge in [0, 0.05) is 22.4 Å². The fourth-order valence-corrected chi connectivity index (χ4v) is 4.23. The molecular weight excluding hydrogens is 412 g/mol. The summed E-state index contributed by atoms with van der Waals surface area (Å²) >= 11 is 6.34. The zero-order valence-electron chi connectivity index (χ0n) is 16.4. The van der Waals surface area contributed by atoms with Gasteiger partial charge in [0.15, 0.2) is 5.79 Å². The van der Waals surface area contributed by atoms with Crippen LogP contribution in [0.2, 0.25) is 5.02 Å². The molecular formula is C22H27ClO7. The van der Waals surface area contributed by atoms with Crippen molar-refractivity contribution < 1.29 is 35.7 Å². The lowest BCUT2D eigenvalue weighted by molar-refractivity contribution is -0.169. The van der Waals surface area contributed by atoms with Gasteiger partial charge in [-0.1, -0.05) is 48.0 Å². The average molecular weight is 439 g/mol. The van der Waals surface area contributed by atoms with Gasteiger partial charge in [0.1, 0.15) is 6.10 Å². The summed E-state index contributed by atoms with van der Waals surface area (Å²) in [7, 11) is 0. The van der Waals surface area contributed by atoms with Crippen LogP contribution >= 0.6 is 11.6 Å². The van der Waals surface area contributed by atoms with Crippen LogP contribution in [0.15, 0.2) is 42.5 Å². The molecule has 7 nitrogen and oxygen atoms in total. The van der Waals surface area contributed by atoms with E-state index in [0.29, 0.717) is 28.1 Å². The maximum atomic E-state index is 10.6. The van der Waals surface area contributed by atoms with E-state index in [2.05, 4.69) is 0 Å². The number of hydrogen-bond acceptors (Lipinski definition) is 7. The summed E-state index contributed by atoms with van der Waals surface area (Å²) in [5, 5.41) is 70.6. The molecule has 0 bridgehead atoms. The van der Waals surface area contributed by atoms with Crippen molar-refractivity contribution in [2.75, 3.05) is 6.61 Å². The Morgan fingerprint density at radius 3 is 2.07 bits per heavy atom. The number of benzene rings is 2. The Morgan fingerprint density at radius 2 is 1.50 bits per heavy atom. The lowest BCUT2D eigenvalue weighted by Gasteiger charge is -2.43. The summed E-state index contributed by atoms with van der Waals surface area (Å²) in [4.78, 5) is 0. The zero-order valence-corrected chi connectivity index (χ0v) is 17.2. The minimum absolute atomic E-state index is 0.349. The fraction of sp³-hybridized carbons (Fsp3) is 0.455. The quantitative estimate of drug-likeness (QED) is 0.331. The summed E-state index contributed by atoms with van der Waals surface area (Å²) < 4.78 is 0. The van der Waals surface area contributed by atoms with Crippen LogP contribution in [0, 0.1) is 5.92 Å². The summed E-state index contributed by atoms with van der Waals surface area (Å²) in [5.74, 6) is -3.84. The van der Waals surface area contributed by atoms with Crippen molar-refractivity contribution in [2.45, 2.75) is 49.5 Å². The SMILES string of the molecule is CC(O)(O)c1ccc(Cc2cc(C3C(O)C(O)C(O)C(CO)C3O)ccc2Cl)cc1. The standard InChI is InChI=1S/C22H27ClO7/c1-22(29,30)14-5-2-11(3-6-14)8-13-9-12(4-7-16(13)23)17-18(25)15(10-24)19(26)21(28)20(17)27/h2-7,9,15,17-21,24-30H,8,10H2,1H3. The Balaban J connectivity index is 1.89. The molecule has 1 aliphatic rings. The molecule has 0 radical (unpaired) electrons. The Morgan fingerprint density at radius 1 is 0.867 bits per heavy atom. The first kappa shape index (κ1) is 23.1. The van der Waals surface area contributed by atoms with Crippen molar-refractivity contribution in [2.24, 2.45) is 5.92 Å². The smallest absolute Gasteiger partial charge is 0.186 e. The maximum absolute atomic E-state index is 10.6. The first-order valence-corrected chi connectivity index (χ1v) is 10.1. The van der Waals surface area contributed by atoms with Gasteiger partial charge >= 0.3 is 0 Å². The fourth-order valence-electron chi connectivity index (χ4n) is 4.04. The third-order valence-corrected chi connectivity index (χ3v) is 6.24. The minimum Gasteiger partial charge on any atom is -0.396 e. The highest BCUT2D eigenvalue weighted by molar-refractivity contribution is 6.31. The van der Waals surface area contributed by atoms with Crippen molar-refractivity contribution in [3.8, 4) is 0 Å². The zero-order chi connectivity index (χ0) is 22.2. The third-order valence-electron chi connectivity index (χ3n) is 5.87. The molecule has 2 aromatic rings. The van der Waals surface area contributed by atoms with Gasteiger partial charge in [-0.25, -0.2) is 0 Å². The predicted molar refractivity (Wildman–Crippen MR) is 110 cm³/mol. The highest BCUT2D eigenvalue weighted by atomic mass is 35.5. The van der Waals surface area contributed by atoms with Crippen LogP contribution in [0.3, 0.4) is 0 Å². The van der Waals surface area contributed by atoms with E-state index in [1.54, 1.807) is 42.5 Å². The first-order valence-electron chi connectivity index (χ1n) is 9.70. The van der Waals surface area contributed by atoms with Crippen molar-refractivity contribution in [3.05, 3.63) is 69.7 Å². The molecule has 0 saturated heterocycles. The van der Waals surface area contributed by atoms with Gasteiger partial charge in [-0.15, -0.1) is 0 Å². The molecule has 2 aromatic carbocycles. The van der Waals surface area contributed by atoms with Crippen LogP contribution < -0.4 is 0 Å². The Kier molecular flexibility index (Phi) is 6.86. The van der Waals surface area contributed by atoms with Gasteiger partial charge in [-0.2, -0.15) is 0 Å². The van der Waals surface area contributed by atoms with Crippen molar-refractivity contribution >= 4 is 11.6 Å². The van der Waals surface area contributed by atoms with E-state index in [1.807, 2.05) is 0 Å². The molecule has 0 spiro atoms. The second-order valence-corrected chi connectivity index (χ2v) is 8.49. The monoisotopic (exact) mass is 438 g/mol. The number of aliphatic hydroxyl groups is 7. The molecule has 164 valence electrons. The molecule has 0 amide bonds. The van der Waals surface area contributed by atoms with Gasteiger partial charge in [-0.3, -0.25) is 0 Å². The van der Waals surface area contributed by atoms with Crippen LogP contribution in [0.5, 0.6) is 0 Å². The number of hydrogen-bond donors (Lipinski definition) is 7. The van der Waals surface area contributed by atoms with E-state index < -0.39 is 48.6 Å². The van der Waals surface area contributed by atoms with E-state index in [-0.39, 0.29) is 0 Å². The van der Waals surface area contributed by atoms with Gasteiger partial charge in [0.05, 0.1) is 24.9 Å². The summed E-state index contributed by atoms with van der Waals surface area (Å²) in [6.45, 7) is 0.734. The van der Waals surface area contributed by atoms with E-state index in [1.165, 1.54) is 6.92 Å². The summed E-state index contributed by atoms with van der Waals surface area (Å²) in [6, 6.07) is 11.7. The van der Waals surface area contributed by atoms with Gasteiger partial charge in [0.2, 0.25) is 0 Å². The molecule has 3 rings (SSSR count). The number of rotatable bonds is 5. The van der Waals surface area contributed by atoms with Crippen LogP contribution in [0.4, 0.5) is 0 Å². The van der Waals surface area contributed by atoms with Crippen LogP contribution in [0.25, 0.3) is 0 Å². The van der Waals surface area contributed by atoms with E-state index in [0.717, 1.165) is 5.56 Å². The molecule has 1 fully saturated rings. The lowest BCUT2D eigenvalue weighted by Crippen LogP contribution is -2.58. The molecule has 6 atom stereocenters. The Bertz CT molecular complexity index is 865. The van der Waals surface area contributed by atoms with Crippen LogP contribution in [0.1, 0.15) is 35.1 Å². The maximum Gasteiger partial charge on any atom is 0.186 e. The molecule has 30 heavy (non-hydrogen) atoms. The normalized spacial score (nSPS) is 29.8. The Labute approximate surface area is 179 Å². The molecule has 0 aromatic heterocycles. The molecule has 1 saturated carbocycles. The molecule has 7 N–H and O–H groups in total. The largest absolute Gasteiger partial charge is 0.396 e. The third kappa shape index (κ3) is 4.54. The highest BCUT2D eigenvalue weighted by Gasteiger charge is 2.48. The topological polar surface area (TPSA) is 142 Å². The Hall–Kier alpha value is -1.55. The van der Waals surface area contributed by atoms with E-state index >= 15 is 0 Å². The van der Waals surface area contributed by atoms with E-state index in [4.69, 9.17) is 11.6 Å².